The van der Waals surface area contributed by atoms with Gasteiger partial charge >= 0.3 is 5.63 Å². The van der Waals surface area contributed by atoms with Crippen LogP contribution in [0.5, 0.6) is 17.2 Å². The van der Waals surface area contributed by atoms with Gasteiger partial charge in [-0.05, 0) is 30.2 Å². The molecule has 6 nitrogen and oxygen atoms in total. The molecule has 6 heteroatoms. The zero-order chi connectivity index (χ0) is 18.3. The van der Waals surface area contributed by atoms with Crippen LogP contribution < -0.4 is 19.8 Å². The van der Waals surface area contributed by atoms with Crippen LogP contribution in [0.25, 0.3) is 32.9 Å². The molecule has 2 aromatic heterocycles. The average Bonchev–Trinajstić information content (AvgIpc) is 3.33. The van der Waals surface area contributed by atoms with E-state index in [1.165, 1.54) is 0 Å². The van der Waals surface area contributed by atoms with Crippen LogP contribution >= 0.6 is 0 Å². The van der Waals surface area contributed by atoms with Crippen LogP contribution in [-0.2, 0) is 6.42 Å². The predicted molar refractivity (Wildman–Crippen MR) is 98.8 cm³/mol. The van der Waals surface area contributed by atoms with Crippen LogP contribution in [0.15, 0.2) is 50.0 Å². The molecule has 0 unspecified atom stereocenters. The van der Waals surface area contributed by atoms with Crippen molar-refractivity contribution in [1.82, 2.24) is 0 Å². The minimum absolute atomic E-state index is 0.0630. The van der Waals surface area contributed by atoms with Gasteiger partial charge in [0.15, 0.2) is 17.1 Å². The third-order valence-electron chi connectivity index (χ3n) is 5.22. The van der Waals surface area contributed by atoms with Gasteiger partial charge in [-0.15, -0.1) is 0 Å². The standard InChI is InChI=1S/C21H14O6/c1-9(2)13-4-10-3-12-16(6-14(10)25-13)27-21(22)19-11-5-17-18(24-8-23-17)7-15(11)26-20(12)19/h3,5-7,13H,1,4,8H2,2H3/t13-/m1/s1. The van der Waals surface area contributed by atoms with E-state index in [2.05, 4.69) is 6.58 Å². The normalized spacial score (nSPS) is 17.6. The summed E-state index contributed by atoms with van der Waals surface area (Å²) in [5.41, 5.74) is 3.05. The lowest BCUT2D eigenvalue weighted by Gasteiger charge is -2.08. The third-order valence-corrected chi connectivity index (χ3v) is 5.22. The summed E-state index contributed by atoms with van der Waals surface area (Å²) in [6.07, 6.45) is 0.671. The van der Waals surface area contributed by atoms with Crippen molar-refractivity contribution in [2.75, 3.05) is 6.79 Å². The summed E-state index contributed by atoms with van der Waals surface area (Å²) in [4.78, 5) is 12.7. The molecule has 2 aliphatic rings. The molecule has 2 aliphatic heterocycles. The third kappa shape index (κ3) is 1.92. The number of rotatable bonds is 1. The van der Waals surface area contributed by atoms with Gasteiger partial charge in [-0.25, -0.2) is 4.79 Å². The van der Waals surface area contributed by atoms with Gasteiger partial charge in [-0.3, -0.25) is 0 Å². The lowest BCUT2D eigenvalue weighted by molar-refractivity contribution is 0.174. The highest BCUT2D eigenvalue weighted by atomic mass is 16.7. The summed E-state index contributed by atoms with van der Waals surface area (Å²) in [7, 11) is 0. The van der Waals surface area contributed by atoms with E-state index < -0.39 is 5.63 Å². The second kappa shape index (κ2) is 4.85. The summed E-state index contributed by atoms with van der Waals surface area (Å²) in [5.74, 6) is 1.92. The molecule has 0 saturated heterocycles. The molecule has 0 radical (unpaired) electrons. The topological polar surface area (TPSA) is 71.0 Å². The van der Waals surface area contributed by atoms with Crippen molar-refractivity contribution in [3.05, 3.63) is 52.4 Å². The van der Waals surface area contributed by atoms with Gasteiger partial charge in [0.05, 0.1) is 5.39 Å². The molecule has 0 amide bonds. The minimum Gasteiger partial charge on any atom is -0.485 e. The van der Waals surface area contributed by atoms with Crippen molar-refractivity contribution in [2.24, 2.45) is 0 Å². The van der Waals surface area contributed by atoms with Crippen molar-refractivity contribution in [3.63, 3.8) is 0 Å². The van der Waals surface area contributed by atoms with E-state index in [9.17, 15) is 4.79 Å². The van der Waals surface area contributed by atoms with E-state index in [0.29, 0.717) is 39.0 Å². The number of ether oxygens (including phenoxy) is 3. The van der Waals surface area contributed by atoms with Gasteiger partial charge in [-0.1, -0.05) is 6.58 Å². The first-order valence-corrected chi connectivity index (χ1v) is 8.66. The maximum atomic E-state index is 12.7. The molecule has 0 spiro atoms. The molecule has 0 fully saturated rings. The lowest BCUT2D eigenvalue weighted by atomic mass is 10.0. The monoisotopic (exact) mass is 362 g/mol. The quantitative estimate of drug-likeness (QED) is 0.371. The number of hydrogen-bond donors (Lipinski definition) is 0. The molecule has 0 aliphatic carbocycles. The molecular formula is C21H14O6. The van der Waals surface area contributed by atoms with Crippen LogP contribution in [-0.4, -0.2) is 12.9 Å². The first-order valence-electron chi connectivity index (χ1n) is 8.66. The number of fused-ring (bicyclic) bond motifs is 7. The van der Waals surface area contributed by atoms with Crippen molar-refractivity contribution in [3.8, 4) is 17.2 Å². The fourth-order valence-corrected chi connectivity index (χ4v) is 3.84. The van der Waals surface area contributed by atoms with Crippen LogP contribution in [0.3, 0.4) is 0 Å². The second-order valence-electron chi connectivity index (χ2n) is 7.01. The van der Waals surface area contributed by atoms with E-state index in [0.717, 1.165) is 28.7 Å². The van der Waals surface area contributed by atoms with Gasteiger partial charge in [-0.2, -0.15) is 0 Å². The zero-order valence-corrected chi connectivity index (χ0v) is 14.5. The maximum Gasteiger partial charge on any atom is 0.348 e. The maximum absolute atomic E-state index is 12.7. The smallest absolute Gasteiger partial charge is 0.348 e. The van der Waals surface area contributed by atoms with E-state index in [1.807, 2.05) is 13.0 Å². The minimum atomic E-state index is -0.454. The Labute approximate surface area is 152 Å². The van der Waals surface area contributed by atoms with Crippen molar-refractivity contribution in [2.45, 2.75) is 19.4 Å². The van der Waals surface area contributed by atoms with Crippen LogP contribution in [0, 0.1) is 0 Å². The van der Waals surface area contributed by atoms with Crippen molar-refractivity contribution < 1.29 is 23.0 Å². The summed E-state index contributed by atoms with van der Waals surface area (Å²) in [6.45, 7) is 6.07. The molecule has 0 saturated carbocycles. The van der Waals surface area contributed by atoms with E-state index in [1.54, 1.807) is 18.2 Å². The Morgan fingerprint density at radius 3 is 2.56 bits per heavy atom. The van der Waals surface area contributed by atoms with E-state index in [4.69, 9.17) is 23.0 Å². The summed E-state index contributed by atoms with van der Waals surface area (Å²) < 4.78 is 28.4. The second-order valence-corrected chi connectivity index (χ2v) is 7.01. The summed E-state index contributed by atoms with van der Waals surface area (Å²) in [5, 5.41) is 1.81. The van der Waals surface area contributed by atoms with Crippen molar-refractivity contribution >= 4 is 32.9 Å². The SMILES string of the molecule is C=C(C)[C@H]1Cc2cc3c(cc2O1)oc(=O)c1c2cc4c(cc2oc31)OCO4. The summed E-state index contributed by atoms with van der Waals surface area (Å²) in [6, 6.07) is 7.24. The van der Waals surface area contributed by atoms with E-state index in [-0.39, 0.29) is 12.9 Å². The van der Waals surface area contributed by atoms with Gasteiger partial charge in [0.1, 0.15) is 28.4 Å². The molecule has 1 atom stereocenters. The first kappa shape index (κ1) is 14.7. The average molecular weight is 362 g/mol. The Kier molecular flexibility index (Phi) is 2.65. The highest BCUT2D eigenvalue weighted by Gasteiger charge is 2.27. The van der Waals surface area contributed by atoms with E-state index >= 15 is 0 Å². The summed E-state index contributed by atoms with van der Waals surface area (Å²) >= 11 is 0. The molecule has 4 aromatic rings. The van der Waals surface area contributed by atoms with Gasteiger partial charge in [0.25, 0.3) is 0 Å². The van der Waals surface area contributed by atoms with Gasteiger partial charge in [0.2, 0.25) is 6.79 Å². The molecule has 6 rings (SSSR count). The molecule has 27 heavy (non-hydrogen) atoms. The zero-order valence-electron chi connectivity index (χ0n) is 14.5. The van der Waals surface area contributed by atoms with Crippen molar-refractivity contribution in [1.29, 1.82) is 0 Å². The van der Waals surface area contributed by atoms with Crippen LogP contribution in [0.1, 0.15) is 12.5 Å². The molecular weight excluding hydrogens is 348 g/mol. The van der Waals surface area contributed by atoms with Crippen LogP contribution in [0.2, 0.25) is 0 Å². The Morgan fingerprint density at radius 1 is 1.00 bits per heavy atom. The Hall–Kier alpha value is -3.41. The number of benzene rings is 2. The lowest BCUT2D eigenvalue weighted by Crippen LogP contribution is -2.13. The Morgan fingerprint density at radius 2 is 1.74 bits per heavy atom. The molecule has 134 valence electrons. The molecule has 4 heterocycles. The predicted octanol–water partition coefficient (Wildman–Crippen LogP) is 4.30. The first-order chi connectivity index (χ1) is 13.1. The fraction of sp³-hybridized carbons (Fsp3) is 0.190. The Bertz CT molecular complexity index is 1360. The largest absolute Gasteiger partial charge is 0.485 e. The highest BCUT2D eigenvalue weighted by molar-refractivity contribution is 6.13. The molecule has 2 aromatic carbocycles. The van der Waals surface area contributed by atoms with Gasteiger partial charge in [0, 0.05) is 23.9 Å². The van der Waals surface area contributed by atoms with Crippen LogP contribution in [0.4, 0.5) is 0 Å². The fourth-order valence-electron chi connectivity index (χ4n) is 3.84. The highest BCUT2D eigenvalue weighted by Crippen LogP contribution is 2.42. The molecule has 0 bridgehead atoms. The molecule has 0 N–H and O–H groups in total. The van der Waals surface area contributed by atoms with Gasteiger partial charge < -0.3 is 23.0 Å². The number of hydrogen-bond acceptors (Lipinski definition) is 6. The Balaban J connectivity index is 1.68. The number of furan rings is 1.